The van der Waals surface area contributed by atoms with Gasteiger partial charge in [-0.05, 0) is 36.2 Å². The van der Waals surface area contributed by atoms with Gasteiger partial charge in [0, 0.05) is 5.69 Å². The number of nitrogen functional groups attached to an aromatic ring is 1. The molecule has 0 saturated carbocycles. The van der Waals surface area contributed by atoms with Crippen molar-refractivity contribution in [1.29, 1.82) is 0 Å². The molecular formula is C17H17ClN2O3. The van der Waals surface area contributed by atoms with Crippen LogP contribution in [-0.2, 0) is 16.0 Å². The fourth-order valence-electron chi connectivity index (χ4n) is 2.02. The fraction of sp³-hybridized carbons (Fsp3) is 0.176. The molecule has 0 atom stereocenters. The number of para-hydroxylation sites is 1. The molecule has 0 aliphatic heterocycles. The molecular weight excluding hydrogens is 316 g/mol. The lowest BCUT2D eigenvalue weighted by molar-refractivity contribution is -0.119. The van der Waals surface area contributed by atoms with E-state index in [4.69, 9.17) is 22.1 Å². The number of carbonyl (C=O) groups excluding carboxylic acids is 2. The molecule has 6 heteroatoms. The molecule has 5 nitrogen and oxygen atoms in total. The SMILES string of the molecule is CCc1ccccc1NC(=O)COC(=O)c1ccc(Cl)c(N)c1. The van der Waals surface area contributed by atoms with Gasteiger partial charge in [-0.25, -0.2) is 4.79 Å². The van der Waals surface area contributed by atoms with Crippen molar-refractivity contribution in [2.75, 3.05) is 17.7 Å². The molecule has 23 heavy (non-hydrogen) atoms. The summed E-state index contributed by atoms with van der Waals surface area (Å²) < 4.78 is 4.98. The second kappa shape index (κ2) is 7.65. The van der Waals surface area contributed by atoms with Crippen LogP contribution >= 0.6 is 11.6 Å². The summed E-state index contributed by atoms with van der Waals surface area (Å²) >= 11 is 5.79. The molecule has 0 bridgehead atoms. The highest BCUT2D eigenvalue weighted by atomic mass is 35.5. The van der Waals surface area contributed by atoms with Crippen molar-refractivity contribution < 1.29 is 14.3 Å². The Balaban J connectivity index is 1.93. The molecule has 2 aromatic rings. The van der Waals surface area contributed by atoms with E-state index in [1.807, 2.05) is 25.1 Å². The molecule has 0 saturated heterocycles. The molecule has 2 rings (SSSR count). The van der Waals surface area contributed by atoms with Gasteiger partial charge in [-0.15, -0.1) is 0 Å². The zero-order valence-corrected chi connectivity index (χ0v) is 13.4. The van der Waals surface area contributed by atoms with Crippen LogP contribution in [-0.4, -0.2) is 18.5 Å². The van der Waals surface area contributed by atoms with Crippen LogP contribution in [0.1, 0.15) is 22.8 Å². The average Bonchev–Trinajstić information content (AvgIpc) is 2.55. The first-order valence-electron chi connectivity index (χ1n) is 7.11. The Bertz CT molecular complexity index is 732. The fourth-order valence-corrected chi connectivity index (χ4v) is 2.14. The van der Waals surface area contributed by atoms with Gasteiger partial charge in [0.1, 0.15) is 0 Å². The number of rotatable bonds is 5. The summed E-state index contributed by atoms with van der Waals surface area (Å²) in [6.45, 7) is 1.62. The molecule has 0 unspecified atom stereocenters. The van der Waals surface area contributed by atoms with Gasteiger partial charge in [0.2, 0.25) is 0 Å². The van der Waals surface area contributed by atoms with Crippen LogP contribution in [0, 0.1) is 0 Å². The first-order chi connectivity index (χ1) is 11.0. The van der Waals surface area contributed by atoms with E-state index in [9.17, 15) is 9.59 Å². The van der Waals surface area contributed by atoms with Gasteiger partial charge in [0.25, 0.3) is 5.91 Å². The minimum absolute atomic E-state index is 0.244. The van der Waals surface area contributed by atoms with Gasteiger partial charge in [0.15, 0.2) is 6.61 Å². The van der Waals surface area contributed by atoms with Crippen molar-refractivity contribution in [3.05, 3.63) is 58.6 Å². The standard InChI is InChI=1S/C17H17ClN2O3/c1-2-11-5-3-4-6-15(11)20-16(21)10-23-17(22)12-7-8-13(18)14(19)9-12/h3-9H,2,10,19H2,1H3,(H,20,21). The van der Waals surface area contributed by atoms with Crippen molar-refractivity contribution in [3.8, 4) is 0 Å². The number of benzene rings is 2. The van der Waals surface area contributed by atoms with Crippen LogP contribution in [0.4, 0.5) is 11.4 Å². The summed E-state index contributed by atoms with van der Waals surface area (Å²) in [5, 5.41) is 3.08. The molecule has 1 amide bonds. The second-order valence-corrected chi connectivity index (χ2v) is 5.28. The number of nitrogens with one attached hydrogen (secondary N) is 1. The first-order valence-corrected chi connectivity index (χ1v) is 7.49. The van der Waals surface area contributed by atoms with Gasteiger partial charge in [0.05, 0.1) is 16.3 Å². The molecule has 0 heterocycles. The Labute approximate surface area is 139 Å². The van der Waals surface area contributed by atoms with Crippen LogP contribution in [0.2, 0.25) is 5.02 Å². The van der Waals surface area contributed by atoms with E-state index in [2.05, 4.69) is 5.32 Å². The number of halogens is 1. The monoisotopic (exact) mass is 332 g/mol. The number of esters is 1. The van der Waals surface area contributed by atoms with Crippen molar-refractivity contribution in [2.45, 2.75) is 13.3 Å². The minimum atomic E-state index is -0.632. The van der Waals surface area contributed by atoms with E-state index >= 15 is 0 Å². The highest BCUT2D eigenvalue weighted by molar-refractivity contribution is 6.33. The molecule has 0 aliphatic carbocycles. The lowest BCUT2D eigenvalue weighted by atomic mass is 10.1. The van der Waals surface area contributed by atoms with Crippen LogP contribution in [0.25, 0.3) is 0 Å². The molecule has 2 aromatic carbocycles. The molecule has 0 aromatic heterocycles. The largest absolute Gasteiger partial charge is 0.452 e. The lowest BCUT2D eigenvalue weighted by Gasteiger charge is -2.10. The number of aryl methyl sites for hydroxylation is 1. The van der Waals surface area contributed by atoms with E-state index in [0.717, 1.165) is 12.0 Å². The summed E-state index contributed by atoms with van der Waals surface area (Å²) in [4.78, 5) is 23.8. The average molecular weight is 333 g/mol. The maximum atomic E-state index is 11.9. The van der Waals surface area contributed by atoms with Crippen LogP contribution in [0.5, 0.6) is 0 Å². The van der Waals surface area contributed by atoms with Gasteiger partial charge in [-0.2, -0.15) is 0 Å². The summed E-state index contributed by atoms with van der Waals surface area (Å²) in [7, 11) is 0. The summed E-state index contributed by atoms with van der Waals surface area (Å²) in [5.41, 5.74) is 7.88. The highest BCUT2D eigenvalue weighted by Crippen LogP contribution is 2.20. The number of amides is 1. The van der Waals surface area contributed by atoms with Crippen LogP contribution in [0.15, 0.2) is 42.5 Å². The van der Waals surface area contributed by atoms with Gasteiger partial charge in [-0.1, -0.05) is 36.7 Å². The predicted molar refractivity (Wildman–Crippen MR) is 90.6 cm³/mol. The van der Waals surface area contributed by atoms with Gasteiger partial charge >= 0.3 is 5.97 Å². The number of hydrogen-bond donors (Lipinski definition) is 2. The molecule has 120 valence electrons. The Kier molecular flexibility index (Phi) is 5.60. The van der Waals surface area contributed by atoms with Gasteiger partial charge < -0.3 is 15.8 Å². The van der Waals surface area contributed by atoms with Gasteiger partial charge in [-0.3, -0.25) is 4.79 Å². The highest BCUT2D eigenvalue weighted by Gasteiger charge is 2.12. The molecule has 0 spiro atoms. The van der Waals surface area contributed by atoms with Crippen LogP contribution < -0.4 is 11.1 Å². The number of ether oxygens (including phenoxy) is 1. The maximum Gasteiger partial charge on any atom is 0.338 e. The predicted octanol–water partition coefficient (Wildman–Crippen LogP) is 3.28. The Morgan fingerprint density at radius 1 is 1.22 bits per heavy atom. The van der Waals surface area contributed by atoms with E-state index in [1.54, 1.807) is 6.07 Å². The van der Waals surface area contributed by atoms with Crippen molar-refractivity contribution in [3.63, 3.8) is 0 Å². The summed E-state index contributed by atoms with van der Waals surface area (Å²) in [6, 6.07) is 11.9. The van der Waals surface area contributed by atoms with Crippen LogP contribution in [0.3, 0.4) is 0 Å². The Morgan fingerprint density at radius 2 is 1.96 bits per heavy atom. The third kappa shape index (κ3) is 4.47. The number of hydrogen-bond acceptors (Lipinski definition) is 4. The zero-order chi connectivity index (χ0) is 16.8. The third-order valence-corrected chi connectivity index (χ3v) is 3.58. The number of nitrogens with two attached hydrogens (primary N) is 1. The normalized spacial score (nSPS) is 10.2. The topological polar surface area (TPSA) is 81.4 Å². The second-order valence-electron chi connectivity index (χ2n) is 4.87. The van der Waals surface area contributed by atoms with Crippen molar-refractivity contribution >= 4 is 34.9 Å². The van der Waals surface area contributed by atoms with E-state index in [0.29, 0.717) is 10.7 Å². The molecule has 0 radical (unpaired) electrons. The Hall–Kier alpha value is -2.53. The molecule has 0 aliphatic rings. The van der Waals surface area contributed by atoms with E-state index < -0.39 is 11.9 Å². The maximum absolute atomic E-state index is 11.9. The Morgan fingerprint density at radius 3 is 2.65 bits per heavy atom. The molecule has 0 fully saturated rings. The lowest BCUT2D eigenvalue weighted by Crippen LogP contribution is -2.21. The summed E-state index contributed by atoms with van der Waals surface area (Å²) in [6.07, 6.45) is 0.792. The first kappa shape index (κ1) is 16.8. The summed E-state index contributed by atoms with van der Waals surface area (Å²) in [5.74, 6) is -1.03. The molecule has 3 N–H and O–H groups in total. The van der Waals surface area contributed by atoms with E-state index in [1.165, 1.54) is 18.2 Å². The zero-order valence-electron chi connectivity index (χ0n) is 12.6. The number of carbonyl (C=O) groups is 2. The quantitative estimate of drug-likeness (QED) is 0.650. The van der Waals surface area contributed by atoms with Crippen molar-refractivity contribution in [1.82, 2.24) is 0 Å². The van der Waals surface area contributed by atoms with E-state index in [-0.39, 0.29) is 17.9 Å². The van der Waals surface area contributed by atoms with Crippen molar-refractivity contribution in [2.24, 2.45) is 0 Å². The minimum Gasteiger partial charge on any atom is -0.452 e. The number of anilines is 2. The smallest absolute Gasteiger partial charge is 0.338 e. The third-order valence-electron chi connectivity index (χ3n) is 3.24.